The predicted octanol–water partition coefficient (Wildman–Crippen LogP) is 2.66. The summed E-state index contributed by atoms with van der Waals surface area (Å²) in [4.78, 5) is 3.38. The Kier molecular flexibility index (Phi) is 3.13. The zero-order valence-corrected chi connectivity index (χ0v) is 8.84. The average Bonchev–Trinajstić information content (AvgIpc) is 2.85. The molecule has 0 radical (unpaired) electrons. The molecule has 0 aliphatic heterocycles. The number of rotatable bonds is 5. The van der Waals surface area contributed by atoms with Crippen molar-refractivity contribution >= 4 is 7.60 Å². The van der Waals surface area contributed by atoms with E-state index in [9.17, 15) is 4.57 Å². The minimum Gasteiger partial charge on any atom is -0.303 e. The molecule has 1 aliphatic rings. The molecule has 1 rings (SSSR count). The third kappa shape index (κ3) is 1.78. The van der Waals surface area contributed by atoms with E-state index in [0.29, 0.717) is 26.1 Å². The highest BCUT2D eigenvalue weighted by atomic mass is 31.2. The van der Waals surface area contributed by atoms with Crippen LogP contribution in [0.5, 0.6) is 0 Å². The Morgan fingerprint density at radius 2 is 1.85 bits per heavy atom. The molecule has 0 aromatic heterocycles. The van der Waals surface area contributed by atoms with Crippen LogP contribution >= 0.6 is 7.60 Å². The summed E-state index contributed by atoms with van der Waals surface area (Å²) in [6.07, 6.45) is 1.27. The summed E-state index contributed by atoms with van der Waals surface area (Å²) >= 11 is 0. The van der Waals surface area contributed by atoms with Gasteiger partial charge in [-0.25, -0.2) is 6.57 Å². The zero-order chi connectivity index (χ0) is 9.95. The van der Waals surface area contributed by atoms with Gasteiger partial charge >= 0.3 is 12.9 Å². The minimum absolute atomic E-state index is 0.328. The Bertz CT molecular complexity index is 257. The molecule has 0 bridgehead atoms. The van der Waals surface area contributed by atoms with E-state index < -0.39 is 12.9 Å². The Morgan fingerprint density at radius 3 is 2.08 bits per heavy atom. The Morgan fingerprint density at radius 1 is 1.38 bits per heavy atom. The van der Waals surface area contributed by atoms with Gasteiger partial charge in [-0.05, 0) is 13.8 Å². The van der Waals surface area contributed by atoms with E-state index in [2.05, 4.69) is 4.85 Å². The Hall–Kier alpha value is -0.360. The summed E-state index contributed by atoms with van der Waals surface area (Å²) in [5.41, 5.74) is 0. The minimum atomic E-state index is -3.17. The van der Waals surface area contributed by atoms with Gasteiger partial charge in [0.1, 0.15) is 0 Å². The van der Waals surface area contributed by atoms with Gasteiger partial charge in [0.25, 0.3) is 0 Å². The van der Waals surface area contributed by atoms with E-state index in [0.717, 1.165) is 0 Å². The molecule has 0 N–H and O–H groups in total. The van der Waals surface area contributed by atoms with Gasteiger partial charge in [0.05, 0.1) is 13.2 Å². The van der Waals surface area contributed by atoms with Crippen LogP contribution in [0, 0.1) is 6.57 Å². The van der Waals surface area contributed by atoms with E-state index in [1.807, 2.05) is 0 Å². The molecule has 0 saturated heterocycles. The van der Waals surface area contributed by atoms with Crippen LogP contribution in [0.15, 0.2) is 0 Å². The standard InChI is InChI=1S/C8H14NO3P/c1-4-11-13(10,12-5-2)8(9-3)6-7-8/h4-7H2,1-2H3. The maximum Gasteiger partial charge on any atom is 0.415 e. The van der Waals surface area contributed by atoms with Crippen molar-refractivity contribution in [1.29, 1.82) is 0 Å². The van der Waals surface area contributed by atoms with Gasteiger partial charge in [0, 0.05) is 12.8 Å². The third-order valence-corrected chi connectivity index (χ3v) is 4.78. The second-order valence-electron chi connectivity index (χ2n) is 2.93. The van der Waals surface area contributed by atoms with Crippen molar-refractivity contribution in [1.82, 2.24) is 0 Å². The van der Waals surface area contributed by atoms with Crippen LogP contribution in [0.1, 0.15) is 26.7 Å². The van der Waals surface area contributed by atoms with Gasteiger partial charge in [-0.3, -0.25) is 9.41 Å². The van der Waals surface area contributed by atoms with Gasteiger partial charge < -0.3 is 9.05 Å². The molecule has 0 heterocycles. The topological polar surface area (TPSA) is 39.9 Å². The van der Waals surface area contributed by atoms with Crippen molar-refractivity contribution in [3.05, 3.63) is 11.4 Å². The summed E-state index contributed by atoms with van der Waals surface area (Å²) in [6, 6.07) is 0. The summed E-state index contributed by atoms with van der Waals surface area (Å²) in [5, 5.41) is -0.848. The molecule has 0 aromatic carbocycles. The number of hydrogen-bond donors (Lipinski definition) is 0. The van der Waals surface area contributed by atoms with E-state index in [-0.39, 0.29) is 0 Å². The maximum atomic E-state index is 12.1. The second kappa shape index (κ2) is 3.79. The fourth-order valence-corrected chi connectivity index (χ4v) is 3.19. The van der Waals surface area contributed by atoms with Crippen molar-refractivity contribution in [3.63, 3.8) is 0 Å². The summed E-state index contributed by atoms with van der Waals surface area (Å²) in [7, 11) is -3.17. The van der Waals surface area contributed by atoms with E-state index in [4.69, 9.17) is 15.6 Å². The molecule has 4 nitrogen and oxygen atoms in total. The largest absolute Gasteiger partial charge is 0.415 e. The first-order chi connectivity index (χ1) is 6.14. The molecule has 13 heavy (non-hydrogen) atoms. The van der Waals surface area contributed by atoms with Crippen LogP contribution in [0.4, 0.5) is 0 Å². The lowest BCUT2D eigenvalue weighted by Crippen LogP contribution is -2.10. The smallest absolute Gasteiger partial charge is 0.303 e. The lowest BCUT2D eigenvalue weighted by Gasteiger charge is -2.17. The molecular weight excluding hydrogens is 189 g/mol. The monoisotopic (exact) mass is 203 g/mol. The first-order valence-corrected chi connectivity index (χ1v) is 5.96. The predicted molar refractivity (Wildman–Crippen MR) is 49.4 cm³/mol. The summed E-state index contributed by atoms with van der Waals surface area (Å²) in [6.45, 7) is 11.1. The molecule has 0 atom stereocenters. The SMILES string of the molecule is [C-]#[N+]C1(P(=O)(OCC)OCC)CC1. The van der Waals surface area contributed by atoms with Gasteiger partial charge in [-0.2, -0.15) is 0 Å². The molecular formula is C8H14NO3P. The Balaban J connectivity index is 2.79. The first-order valence-electron chi connectivity index (χ1n) is 4.42. The van der Waals surface area contributed by atoms with Crippen LogP contribution in [0.2, 0.25) is 0 Å². The van der Waals surface area contributed by atoms with Gasteiger partial charge in [-0.15, -0.1) is 0 Å². The van der Waals surface area contributed by atoms with Gasteiger partial charge in [0.2, 0.25) is 0 Å². The lowest BCUT2D eigenvalue weighted by molar-refractivity contribution is 0.213. The quantitative estimate of drug-likeness (QED) is 0.509. The van der Waals surface area contributed by atoms with E-state index in [1.54, 1.807) is 13.8 Å². The molecule has 1 aliphatic carbocycles. The van der Waals surface area contributed by atoms with Crippen LogP contribution in [0.25, 0.3) is 4.85 Å². The first kappa shape index (κ1) is 10.7. The summed E-state index contributed by atoms with van der Waals surface area (Å²) in [5.74, 6) is 0. The molecule has 0 spiro atoms. The van der Waals surface area contributed by atoms with Crippen molar-refractivity contribution < 1.29 is 13.6 Å². The van der Waals surface area contributed by atoms with Crippen molar-refractivity contribution in [2.45, 2.75) is 32.0 Å². The number of hydrogen-bond acceptors (Lipinski definition) is 3. The third-order valence-electron chi connectivity index (χ3n) is 2.01. The van der Waals surface area contributed by atoms with E-state index >= 15 is 0 Å². The van der Waals surface area contributed by atoms with Crippen LogP contribution in [-0.2, 0) is 13.6 Å². The average molecular weight is 203 g/mol. The highest BCUT2D eigenvalue weighted by Crippen LogP contribution is 2.71. The molecule has 0 aromatic rings. The van der Waals surface area contributed by atoms with Crippen LogP contribution < -0.4 is 0 Å². The fourth-order valence-electron chi connectivity index (χ4n) is 1.18. The van der Waals surface area contributed by atoms with Gasteiger partial charge in [0.15, 0.2) is 0 Å². The highest BCUT2D eigenvalue weighted by molar-refractivity contribution is 7.56. The van der Waals surface area contributed by atoms with Crippen LogP contribution in [-0.4, -0.2) is 18.5 Å². The van der Waals surface area contributed by atoms with Crippen molar-refractivity contribution in [2.75, 3.05) is 13.2 Å². The van der Waals surface area contributed by atoms with Crippen molar-refractivity contribution in [2.24, 2.45) is 0 Å². The molecule has 74 valence electrons. The maximum absolute atomic E-state index is 12.1. The normalized spacial score (nSPS) is 19.5. The molecule has 1 saturated carbocycles. The highest BCUT2D eigenvalue weighted by Gasteiger charge is 2.68. The fraction of sp³-hybridized carbons (Fsp3) is 0.875. The lowest BCUT2D eigenvalue weighted by atomic mass is 10.7. The van der Waals surface area contributed by atoms with E-state index in [1.165, 1.54) is 0 Å². The molecule has 5 heteroatoms. The summed E-state index contributed by atoms with van der Waals surface area (Å²) < 4.78 is 22.3. The second-order valence-corrected chi connectivity index (χ2v) is 5.27. The zero-order valence-electron chi connectivity index (χ0n) is 7.95. The Labute approximate surface area is 78.6 Å². The molecule has 0 amide bonds. The van der Waals surface area contributed by atoms with Crippen molar-refractivity contribution in [3.8, 4) is 0 Å². The van der Waals surface area contributed by atoms with Gasteiger partial charge in [-0.1, -0.05) is 0 Å². The molecule has 0 unspecified atom stereocenters. The number of nitrogens with zero attached hydrogens (tertiary/aromatic N) is 1. The molecule has 1 fully saturated rings. The van der Waals surface area contributed by atoms with Crippen LogP contribution in [0.3, 0.4) is 0 Å².